The van der Waals surface area contributed by atoms with Crippen LogP contribution >= 0.6 is 31.9 Å². The second kappa shape index (κ2) is 14.0. The van der Waals surface area contributed by atoms with E-state index in [1.54, 1.807) is 12.1 Å². The molecular weight excluding hydrogens is 614 g/mol. The van der Waals surface area contributed by atoms with Crippen molar-refractivity contribution in [2.45, 2.75) is 25.6 Å². The Morgan fingerprint density at radius 3 is 2.42 bits per heavy atom. The standard InChI is InChI=1S/C29H31Br2N3O4/c30-25-17-24(26(31)16-21(25)19-35)28(36)18-32-12-15-34-13-10-22(11-14-34)38-29(37)33-27-9-5-4-8-23(27)20-6-2-1-3-7-20/h1-9,16-17,22,32,35H,10-15,18-19H2,(H,33,37). The first-order valence-electron chi connectivity index (χ1n) is 12.6. The summed E-state index contributed by atoms with van der Waals surface area (Å²) in [4.78, 5) is 27.5. The number of hydrogen-bond donors (Lipinski definition) is 3. The van der Waals surface area contributed by atoms with Crippen LogP contribution in [0.2, 0.25) is 0 Å². The van der Waals surface area contributed by atoms with Crippen LogP contribution in [0, 0.1) is 0 Å². The van der Waals surface area contributed by atoms with Gasteiger partial charge in [0.15, 0.2) is 5.78 Å². The maximum absolute atomic E-state index is 12.6. The Hall–Kier alpha value is -2.56. The number of nitrogens with one attached hydrogen (secondary N) is 2. The maximum atomic E-state index is 12.6. The molecule has 0 unspecified atom stereocenters. The minimum Gasteiger partial charge on any atom is -0.446 e. The number of rotatable bonds is 10. The second-order valence-electron chi connectivity index (χ2n) is 9.16. The number of aliphatic hydroxyl groups excluding tert-OH is 1. The number of halogens is 2. The normalized spacial score (nSPS) is 14.3. The molecule has 1 saturated heterocycles. The van der Waals surface area contributed by atoms with Gasteiger partial charge in [-0.25, -0.2) is 4.79 Å². The quantitative estimate of drug-likeness (QED) is 0.189. The molecule has 1 heterocycles. The first kappa shape index (κ1) is 28.4. The lowest BCUT2D eigenvalue weighted by Gasteiger charge is -2.31. The number of hydrogen-bond acceptors (Lipinski definition) is 6. The zero-order valence-electron chi connectivity index (χ0n) is 21.0. The minimum atomic E-state index is -0.433. The Bertz CT molecular complexity index is 1250. The monoisotopic (exact) mass is 643 g/mol. The highest BCUT2D eigenvalue weighted by atomic mass is 79.9. The first-order valence-corrected chi connectivity index (χ1v) is 14.2. The van der Waals surface area contributed by atoms with E-state index < -0.39 is 6.09 Å². The van der Waals surface area contributed by atoms with Crippen molar-refractivity contribution in [1.29, 1.82) is 0 Å². The Kier molecular flexibility index (Phi) is 10.5. The highest BCUT2D eigenvalue weighted by Gasteiger charge is 2.22. The molecule has 1 aliphatic rings. The van der Waals surface area contributed by atoms with Crippen LogP contribution in [0.15, 0.2) is 75.7 Å². The van der Waals surface area contributed by atoms with Crippen LogP contribution in [0.1, 0.15) is 28.8 Å². The maximum Gasteiger partial charge on any atom is 0.411 e. The molecule has 3 aromatic carbocycles. The molecule has 1 aliphatic heterocycles. The molecule has 0 atom stereocenters. The summed E-state index contributed by atoms with van der Waals surface area (Å²) in [6.45, 7) is 3.28. The topological polar surface area (TPSA) is 90.9 Å². The molecule has 200 valence electrons. The number of ether oxygens (including phenoxy) is 1. The highest BCUT2D eigenvalue weighted by molar-refractivity contribution is 9.11. The van der Waals surface area contributed by atoms with Crippen molar-refractivity contribution < 1.29 is 19.4 Å². The number of likely N-dealkylation sites (tertiary alicyclic amines) is 1. The molecular formula is C29H31Br2N3O4. The lowest BCUT2D eigenvalue weighted by Crippen LogP contribution is -2.42. The van der Waals surface area contributed by atoms with Crippen LogP contribution < -0.4 is 10.6 Å². The van der Waals surface area contributed by atoms with Gasteiger partial charge in [0, 0.05) is 46.3 Å². The van der Waals surface area contributed by atoms with Crippen molar-refractivity contribution in [2.75, 3.05) is 38.0 Å². The number of anilines is 1. The molecule has 1 fully saturated rings. The van der Waals surface area contributed by atoms with Crippen molar-refractivity contribution in [3.63, 3.8) is 0 Å². The summed E-state index contributed by atoms with van der Waals surface area (Å²) >= 11 is 6.82. The molecule has 38 heavy (non-hydrogen) atoms. The fourth-order valence-electron chi connectivity index (χ4n) is 4.46. The third kappa shape index (κ3) is 7.74. The average molecular weight is 645 g/mol. The average Bonchev–Trinajstić information content (AvgIpc) is 2.93. The van der Waals surface area contributed by atoms with E-state index in [2.05, 4.69) is 47.4 Å². The molecule has 0 radical (unpaired) electrons. The van der Waals surface area contributed by atoms with Crippen LogP contribution in [-0.4, -0.2) is 60.7 Å². The van der Waals surface area contributed by atoms with Crippen molar-refractivity contribution in [1.82, 2.24) is 10.2 Å². The Morgan fingerprint density at radius 2 is 1.68 bits per heavy atom. The van der Waals surface area contributed by atoms with Crippen LogP contribution in [0.3, 0.4) is 0 Å². The molecule has 0 spiro atoms. The van der Waals surface area contributed by atoms with Gasteiger partial charge in [-0.15, -0.1) is 0 Å². The Labute approximate surface area is 239 Å². The van der Waals surface area contributed by atoms with Crippen LogP contribution in [-0.2, 0) is 11.3 Å². The third-order valence-corrected chi connectivity index (χ3v) is 7.95. The molecule has 1 amide bonds. The molecule has 9 heteroatoms. The number of benzene rings is 3. The van der Waals surface area contributed by atoms with Gasteiger partial charge in [-0.1, -0.05) is 80.4 Å². The van der Waals surface area contributed by atoms with E-state index >= 15 is 0 Å². The largest absolute Gasteiger partial charge is 0.446 e. The van der Waals surface area contributed by atoms with E-state index in [1.807, 2.05) is 54.6 Å². The minimum absolute atomic E-state index is 0.0194. The van der Waals surface area contributed by atoms with Gasteiger partial charge in [-0.05, 0) is 42.2 Å². The molecule has 3 N–H and O–H groups in total. The van der Waals surface area contributed by atoms with Crippen molar-refractivity contribution >= 4 is 49.4 Å². The third-order valence-electron chi connectivity index (χ3n) is 6.55. The number of nitrogens with zero attached hydrogens (tertiary/aromatic N) is 1. The lowest BCUT2D eigenvalue weighted by molar-refractivity contribution is 0.0593. The number of piperidine rings is 1. The summed E-state index contributed by atoms with van der Waals surface area (Å²) in [6.07, 6.45) is 0.981. The molecule has 0 saturated carbocycles. The summed E-state index contributed by atoms with van der Waals surface area (Å²) in [5.41, 5.74) is 4.01. The zero-order chi connectivity index (χ0) is 26.9. The van der Waals surface area contributed by atoms with E-state index in [9.17, 15) is 14.7 Å². The van der Waals surface area contributed by atoms with Gasteiger partial charge in [0.1, 0.15) is 6.10 Å². The van der Waals surface area contributed by atoms with E-state index in [4.69, 9.17) is 4.74 Å². The fraction of sp³-hybridized carbons (Fsp3) is 0.310. The van der Waals surface area contributed by atoms with Crippen molar-refractivity contribution in [3.8, 4) is 11.1 Å². The first-order chi connectivity index (χ1) is 18.4. The number of amides is 1. The van der Waals surface area contributed by atoms with Gasteiger partial charge in [0.25, 0.3) is 0 Å². The summed E-state index contributed by atoms with van der Waals surface area (Å²) in [7, 11) is 0. The summed E-state index contributed by atoms with van der Waals surface area (Å²) in [6, 6.07) is 21.1. The van der Waals surface area contributed by atoms with E-state index in [1.165, 1.54) is 0 Å². The van der Waals surface area contributed by atoms with E-state index in [0.29, 0.717) is 21.1 Å². The number of carbonyl (C=O) groups excluding carboxylic acids is 2. The van der Waals surface area contributed by atoms with Gasteiger partial charge in [0.2, 0.25) is 0 Å². The molecule has 4 rings (SSSR count). The Balaban J connectivity index is 1.17. The SMILES string of the molecule is O=C(Nc1ccccc1-c1ccccc1)OC1CCN(CCNCC(=O)c2cc(Br)c(CO)cc2Br)CC1. The smallest absolute Gasteiger partial charge is 0.411 e. The number of ketones is 1. The van der Waals surface area contributed by atoms with Crippen LogP contribution in [0.25, 0.3) is 11.1 Å². The van der Waals surface area contributed by atoms with Crippen molar-refractivity contribution in [2.24, 2.45) is 0 Å². The van der Waals surface area contributed by atoms with E-state index in [-0.39, 0.29) is 25.0 Å². The molecule has 0 aromatic heterocycles. The summed E-state index contributed by atoms with van der Waals surface area (Å²) in [5.74, 6) is -0.0194. The zero-order valence-corrected chi connectivity index (χ0v) is 24.1. The molecule has 0 bridgehead atoms. The molecule has 0 aliphatic carbocycles. The predicted octanol–water partition coefficient (Wildman–Crippen LogP) is 5.86. The van der Waals surface area contributed by atoms with Gasteiger partial charge in [-0.2, -0.15) is 0 Å². The van der Waals surface area contributed by atoms with Crippen LogP contribution in [0.5, 0.6) is 0 Å². The van der Waals surface area contributed by atoms with Crippen molar-refractivity contribution in [3.05, 3.63) is 86.8 Å². The van der Waals surface area contributed by atoms with Gasteiger partial charge in [0.05, 0.1) is 18.8 Å². The van der Waals surface area contributed by atoms with E-state index in [0.717, 1.165) is 54.9 Å². The number of para-hydroxylation sites is 1. The summed E-state index contributed by atoms with van der Waals surface area (Å²) in [5, 5.41) is 15.5. The number of Topliss-reactive ketones (excluding diaryl/α,β-unsaturated/α-hetero) is 1. The fourth-order valence-corrected chi connectivity index (χ4v) is 5.54. The van der Waals surface area contributed by atoms with Gasteiger partial charge < -0.3 is 20.1 Å². The lowest BCUT2D eigenvalue weighted by atomic mass is 10.0. The number of aliphatic hydroxyl groups is 1. The van der Waals surface area contributed by atoms with Gasteiger partial charge >= 0.3 is 6.09 Å². The molecule has 7 nitrogen and oxygen atoms in total. The molecule has 3 aromatic rings. The highest BCUT2D eigenvalue weighted by Crippen LogP contribution is 2.28. The Morgan fingerprint density at radius 1 is 0.974 bits per heavy atom. The summed E-state index contributed by atoms with van der Waals surface area (Å²) < 4.78 is 7.10. The second-order valence-corrected chi connectivity index (χ2v) is 10.9. The van der Waals surface area contributed by atoms with Crippen LogP contribution in [0.4, 0.5) is 10.5 Å². The number of carbonyl (C=O) groups is 2. The predicted molar refractivity (Wildman–Crippen MR) is 156 cm³/mol. The van der Waals surface area contributed by atoms with Gasteiger partial charge in [-0.3, -0.25) is 10.1 Å².